The van der Waals surface area contributed by atoms with E-state index in [-0.39, 0.29) is 0 Å². The smallest absolute Gasteiger partial charge is 0.0468 e. The third kappa shape index (κ3) is 3.20. The lowest BCUT2D eigenvalue weighted by molar-refractivity contribution is 0.0433. The Kier molecular flexibility index (Phi) is 4.51. The van der Waals surface area contributed by atoms with E-state index in [1.807, 2.05) is 0 Å². The number of halogens is 1. The van der Waals surface area contributed by atoms with Crippen LogP contribution in [-0.4, -0.2) is 18.5 Å². The van der Waals surface area contributed by atoms with Gasteiger partial charge >= 0.3 is 0 Å². The van der Waals surface area contributed by atoms with Crippen LogP contribution >= 0.6 is 15.9 Å². The van der Waals surface area contributed by atoms with Gasteiger partial charge in [0.2, 0.25) is 0 Å². The predicted molar refractivity (Wildman–Crippen MR) is 67.5 cm³/mol. The third-order valence-electron chi connectivity index (χ3n) is 4.26. The van der Waals surface area contributed by atoms with Gasteiger partial charge in [-0.15, -0.1) is 0 Å². The van der Waals surface area contributed by atoms with Crippen molar-refractivity contribution in [2.45, 2.75) is 51.4 Å². The van der Waals surface area contributed by atoms with Crippen molar-refractivity contribution in [2.24, 2.45) is 11.3 Å². The standard InChI is InChI=1S/C13H23BrO/c14-11-13(6-2-1-3-7-13)10-12-4-8-15-9-5-12/h12H,1-11H2. The summed E-state index contributed by atoms with van der Waals surface area (Å²) in [5.74, 6) is 0.939. The molecule has 88 valence electrons. The molecular weight excluding hydrogens is 252 g/mol. The number of hydrogen-bond acceptors (Lipinski definition) is 1. The maximum Gasteiger partial charge on any atom is 0.0468 e. The molecule has 0 aromatic heterocycles. The third-order valence-corrected chi connectivity index (χ3v) is 5.45. The van der Waals surface area contributed by atoms with E-state index >= 15 is 0 Å². The SMILES string of the molecule is BrCC1(CC2CCOCC2)CCCCC1. The molecule has 1 nitrogen and oxygen atoms in total. The summed E-state index contributed by atoms with van der Waals surface area (Å²) in [6.45, 7) is 2.01. The highest BCUT2D eigenvalue weighted by molar-refractivity contribution is 9.09. The van der Waals surface area contributed by atoms with E-state index in [1.165, 1.54) is 56.7 Å². The molecule has 1 saturated heterocycles. The average Bonchev–Trinajstić information content (AvgIpc) is 2.32. The van der Waals surface area contributed by atoms with Crippen LogP contribution in [0.3, 0.4) is 0 Å². The largest absolute Gasteiger partial charge is 0.381 e. The van der Waals surface area contributed by atoms with E-state index in [9.17, 15) is 0 Å². The van der Waals surface area contributed by atoms with E-state index in [0.29, 0.717) is 5.41 Å². The predicted octanol–water partition coefficient (Wildman–Crippen LogP) is 4.15. The Morgan fingerprint density at radius 3 is 2.33 bits per heavy atom. The Hall–Kier alpha value is 0.440. The molecule has 0 unspecified atom stereocenters. The summed E-state index contributed by atoms with van der Waals surface area (Å²) in [6.07, 6.45) is 11.3. The zero-order valence-corrected chi connectivity index (χ0v) is 11.2. The Morgan fingerprint density at radius 1 is 1.07 bits per heavy atom. The minimum atomic E-state index is 0.639. The van der Waals surface area contributed by atoms with E-state index in [4.69, 9.17) is 4.74 Å². The van der Waals surface area contributed by atoms with Gasteiger partial charge in [-0.2, -0.15) is 0 Å². The molecule has 0 radical (unpaired) electrons. The van der Waals surface area contributed by atoms with E-state index in [0.717, 1.165) is 19.1 Å². The maximum absolute atomic E-state index is 5.44. The van der Waals surface area contributed by atoms with Gasteiger partial charge in [-0.3, -0.25) is 0 Å². The van der Waals surface area contributed by atoms with E-state index in [2.05, 4.69) is 15.9 Å². The van der Waals surface area contributed by atoms with Crippen LogP contribution in [0.15, 0.2) is 0 Å². The second-order valence-corrected chi connectivity index (χ2v) is 6.01. The lowest BCUT2D eigenvalue weighted by Crippen LogP contribution is -2.30. The lowest BCUT2D eigenvalue weighted by Gasteiger charge is -2.39. The number of alkyl halides is 1. The second kappa shape index (κ2) is 5.67. The molecule has 0 aromatic rings. The molecule has 0 amide bonds. The van der Waals surface area contributed by atoms with Crippen LogP contribution in [0.5, 0.6) is 0 Å². The van der Waals surface area contributed by atoms with Crippen LogP contribution in [0.2, 0.25) is 0 Å². The number of ether oxygens (including phenoxy) is 1. The van der Waals surface area contributed by atoms with E-state index < -0.39 is 0 Å². The first-order chi connectivity index (χ1) is 7.35. The zero-order chi connectivity index (χ0) is 10.6. The van der Waals surface area contributed by atoms with Crippen molar-refractivity contribution in [3.63, 3.8) is 0 Å². The quantitative estimate of drug-likeness (QED) is 0.703. The van der Waals surface area contributed by atoms with Gasteiger partial charge in [-0.25, -0.2) is 0 Å². The zero-order valence-electron chi connectivity index (χ0n) is 9.64. The van der Waals surface area contributed by atoms with Gasteiger partial charge in [0.15, 0.2) is 0 Å². The molecule has 2 fully saturated rings. The van der Waals surface area contributed by atoms with Crippen molar-refractivity contribution >= 4 is 15.9 Å². The summed E-state index contributed by atoms with van der Waals surface area (Å²) >= 11 is 3.76. The van der Waals surface area contributed by atoms with Crippen molar-refractivity contribution in [1.29, 1.82) is 0 Å². The van der Waals surface area contributed by atoms with Crippen LogP contribution in [0.4, 0.5) is 0 Å². The fourth-order valence-corrected chi connectivity index (χ4v) is 4.05. The monoisotopic (exact) mass is 274 g/mol. The second-order valence-electron chi connectivity index (χ2n) is 5.45. The first-order valence-electron chi connectivity index (χ1n) is 6.48. The summed E-state index contributed by atoms with van der Waals surface area (Å²) in [5, 5.41) is 1.22. The maximum atomic E-state index is 5.44. The molecule has 0 bridgehead atoms. The molecule has 0 spiro atoms. The molecule has 15 heavy (non-hydrogen) atoms. The van der Waals surface area contributed by atoms with Crippen molar-refractivity contribution in [1.82, 2.24) is 0 Å². The van der Waals surface area contributed by atoms with E-state index in [1.54, 1.807) is 0 Å². The Morgan fingerprint density at radius 2 is 1.73 bits per heavy atom. The van der Waals surface area contributed by atoms with Crippen molar-refractivity contribution < 1.29 is 4.74 Å². The van der Waals surface area contributed by atoms with Crippen molar-refractivity contribution in [2.75, 3.05) is 18.5 Å². The van der Waals surface area contributed by atoms with Gasteiger partial charge in [0.25, 0.3) is 0 Å². The summed E-state index contributed by atoms with van der Waals surface area (Å²) in [6, 6.07) is 0. The molecule has 0 atom stereocenters. The molecule has 2 rings (SSSR count). The Balaban J connectivity index is 1.87. The van der Waals surface area contributed by atoms with Crippen LogP contribution in [-0.2, 0) is 4.74 Å². The highest BCUT2D eigenvalue weighted by Crippen LogP contribution is 2.44. The first kappa shape index (κ1) is 11.9. The van der Waals surface area contributed by atoms with Gasteiger partial charge in [-0.1, -0.05) is 35.2 Å². The normalized spacial score (nSPS) is 27.8. The fourth-order valence-electron chi connectivity index (χ4n) is 3.26. The van der Waals surface area contributed by atoms with Crippen LogP contribution < -0.4 is 0 Å². The summed E-state index contributed by atoms with van der Waals surface area (Å²) in [4.78, 5) is 0. The Bertz CT molecular complexity index is 181. The van der Waals surface area contributed by atoms with Gasteiger partial charge in [0.1, 0.15) is 0 Å². The average molecular weight is 275 g/mol. The van der Waals surface area contributed by atoms with Crippen molar-refractivity contribution in [3.8, 4) is 0 Å². The fraction of sp³-hybridized carbons (Fsp3) is 1.00. The molecule has 2 aliphatic rings. The summed E-state index contributed by atoms with van der Waals surface area (Å²) < 4.78 is 5.44. The molecule has 1 heterocycles. The number of rotatable bonds is 3. The van der Waals surface area contributed by atoms with Crippen LogP contribution in [0.1, 0.15) is 51.4 Å². The van der Waals surface area contributed by atoms with Gasteiger partial charge in [-0.05, 0) is 43.4 Å². The van der Waals surface area contributed by atoms with Gasteiger partial charge in [0, 0.05) is 18.5 Å². The summed E-state index contributed by atoms with van der Waals surface area (Å²) in [7, 11) is 0. The molecule has 0 N–H and O–H groups in total. The number of hydrogen-bond donors (Lipinski definition) is 0. The molecule has 1 aliphatic heterocycles. The first-order valence-corrected chi connectivity index (χ1v) is 7.61. The minimum absolute atomic E-state index is 0.639. The topological polar surface area (TPSA) is 9.23 Å². The molecule has 0 aromatic carbocycles. The van der Waals surface area contributed by atoms with Gasteiger partial charge in [0.05, 0.1) is 0 Å². The molecule has 1 saturated carbocycles. The summed E-state index contributed by atoms with van der Waals surface area (Å²) in [5.41, 5.74) is 0.639. The van der Waals surface area contributed by atoms with Crippen molar-refractivity contribution in [3.05, 3.63) is 0 Å². The minimum Gasteiger partial charge on any atom is -0.381 e. The van der Waals surface area contributed by atoms with Gasteiger partial charge < -0.3 is 4.74 Å². The highest BCUT2D eigenvalue weighted by atomic mass is 79.9. The molecule has 1 aliphatic carbocycles. The molecule has 2 heteroatoms. The highest BCUT2D eigenvalue weighted by Gasteiger charge is 2.33. The van der Waals surface area contributed by atoms with Crippen LogP contribution in [0, 0.1) is 11.3 Å². The Labute approximate surface area is 102 Å². The lowest BCUT2D eigenvalue weighted by atomic mass is 9.69. The van der Waals surface area contributed by atoms with Crippen LogP contribution in [0.25, 0.3) is 0 Å². The molecular formula is C13H23BrO.